The van der Waals surface area contributed by atoms with Crippen molar-refractivity contribution in [1.29, 1.82) is 0 Å². The van der Waals surface area contributed by atoms with Gasteiger partial charge in [-0.2, -0.15) is 0 Å². The lowest BCUT2D eigenvalue weighted by molar-refractivity contribution is 0.114. The van der Waals surface area contributed by atoms with Crippen LogP contribution in [-0.2, 0) is 13.1 Å². The van der Waals surface area contributed by atoms with Crippen molar-refractivity contribution in [2.45, 2.75) is 38.8 Å². The molecule has 6 nitrogen and oxygen atoms in total. The van der Waals surface area contributed by atoms with Gasteiger partial charge in [0, 0.05) is 68.4 Å². The van der Waals surface area contributed by atoms with Crippen molar-refractivity contribution in [3.05, 3.63) is 76.5 Å². The first-order valence-electron chi connectivity index (χ1n) is 11.3. The first kappa shape index (κ1) is 19.9. The highest BCUT2D eigenvalue weighted by Crippen LogP contribution is 2.37. The van der Waals surface area contributed by atoms with Crippen LogP contribution in [0.25, 0.3) is 11.1 Å². The molecule has 1 fully saturated rings. The zero-order valence-corrected chi connectivity index (χ0v) is 18.0. The number of benzene rings is 1. The molecular weight excluding hydrogens is 386 g/mol. The SMILES string of the molecule is CCCNc1ncc(CN2C[C@@H]3C[C@H](C2)c2cc(-c4ccccc4)cc(=O)n2C3)cn1. The van der Waals surface area contributed by atoms with Gasteiger partial charge in [-0.1, -0.05) is 37.3 Å². The molecule has 1 saturated heterocycles. The van der Waals surface area contributed by atoms with Gasteiger partial charge in [0.25, 0.3) is 5.56 Å². The van der Waals surface area contributed by atoms with E-state index in [-0.39, 0.29) is 5.56 Å². The fraction of sp³-hybridized carbons (Fsp3) is 0.400. The summed E-state index contributed by atoms with van der Waals surface area (Å²) in [7, 11) is 0. The van der Waals surface area contributed by atoms with Gasteiger partial charge in [-0.15, -0.1) is 0 Å². The van der Waals surface area contributed by atoms with E-state index in [0.717, 1.165) is 62.3 Å². The standard InChI is InChI=1S/C25H29N5O/c1-2-8-26-25-27-12-19(13-28-25)15-29-14-18-9-22(17-29)23-10-21(11-24(31)30(23)16-18)20-6-4-3-5-7-20/h3-7,10-13,18,22H,2,8-9,14-17H2,1H3,(H,26,27,28)/t18-,22+/m0/s1. The highest BCUT2D eigenvalue weighted by atomic mass is 16.1. The highest BCUT2D eigenvalue weighted by molar-refractivity contribution is 5.63. The summed E-state index contributed by atoms with van der Waals surface area (Å²) in [6.07, 6.45) is 6.07. The van der Waals surface area contributed by atoms with Gasteiger partial charge in [0.15, 0.2) is 0 Å². The summed E-state index contributed by atoms with van der Waals surface area (Å²) < 4.78 is 2.01. The molecule has 2 aliphatic rings. The number of anilines is 1. The minimum atomic E-state index is 0.128. The number of aromatic nitrogens is 3. The second-order valence-electron chi connectivity index (χ2n) is 8.82. The molecule has 0 saturated carbocycles. The highest BCUT2D eigenvalue weighted by Gasteiger charge is 2.34. The van der Waals surface area contributed by atoms with Crippen molar-refractivity contribution in [1.82, 2.24) is 19.4 Å². The first-order valence-corrected chi connectivity index (χ1v) is 11.3. The van der Waals surface area contributed by atoms with E-state index < -0.39 is 0 Å². The van der Waals surface area contributed by atoms with Gasteiger partial charge in [0.05, 0.1) is 0 Å². The van der Waals surface area contributed by atoms with Gasteiger partial charge < -0.3 is 9.88 Å². The summed E-state index contributed by atoms with van der Waals surface area (Å²) in [6, 6.07) is 14.2. The molecule has 31 heavy (non-hydrogen) atoms. The number of piperidine rings is 1. The average Bonchev–Trinajstić information content (AvgIpc) is 2.80. The minimum Gasteiger partial charge on any atom is -0.354 e. The molecule has 5 rings (SSSR count). The molecule has 0 amide bonds. The lowest BCUT2D eigenvalue weighted by Gasteiger charge is -2.43. The molecule has 2 aliphatic heterocycles. The van der Waals surface area contributed by atoms with Crippen molar-refractivity contribution < 1.29 is 0 Å². The number of hydrogen-bond acceptors (Lipinski definition) is 5. The molecule has 160 valence electrons. The molecule has 0 spiro atoms. The second kappa shape index (κ2) is 8.63. The summed E-state index contributed by atoms with van der Waals surface area (Å²) in [5.74, 6) is 1.59. The van der Waals surface area contributed by atoms with E-state index in [0.29, 0.717) is 17.8 Å². The Balaban J connectivity index is 1.35. The number of rotatable bonds is 6. The fourth-order valence-electron chi connectivity index (χ4n) is 5.01. The molecule has 1 N–H and O–H groups in total. The Kier molecular flexibility index (Phi) is 5.55. The Hall–Kier alpha value is -2.99. The van der Waals surface area contributed by atoms with Crippen molar-refractivity contribution in [3.63, 3.8) is 0 Å². The Morgan fingerprint density at radius 3 is 2.61 bits per heavy atom. The predicted molar refractivity (Wildman–Crippen MR) is 123 cm³/mol. The van der Waals surface area contributed by atoms with Gasteiger partial charge in [-0.05, 0) is 36.0 Å². The number of likely N-dealkylation sites (tertiary alicyclic amines) is 1. The van der Waals surface area contributed by atoms with Crippen LogP contribution in [0.5, 0.6) is 0 Å². The summed E-state index contributed by atoms with van der Waals surface area (Å²) in [5, 5.41) is 3.22. The van der Waals surface area contributed by atoms with Gasteiger partial charge in [0.2, 0.25) is 5.95 Å². The molecule has 2 atom stereocenters. The van der Waals surface area contributed by atoms with E-state index in [1.807, 2.05) is 35.2 Å². The van der Waals surface area contributed by atoms with Crippen LogP contribution in [-0.4, -0.2) is 39.1 Å². The summed E-state index contributed by atoms with van der Waals surface area (Å²) >= 11 is 0. The van der Waals surface area contributed by atoms with Gasteiger partial charge in [-0.25, -0.2) is 9.97 Å². The van der Waals surface area contributed by atoms with Crippen LogP contribution < -0.4 is 10.9 Å². The Labute approximate surface area is 183 Å². The largest absolute Gasteiger partial charge is 0.354 e. The number of nitrogens with zero attached hydrogens (tertiary/aromatic N) is 4. The third kappa shape index (κ3) is 4.26. The zero-order valence-electron chi connectivity index (χ0n) is 18.0. The second-order valence-corrected chi connectivity index (χ2v) is 8.82. The molecule has 6 heteroatoms. The molecule has 2 aromatic heterocycles. The van der Waals surface area contributed by atoms with Crippen LogP contribution >= 0.6 is 0 Å². The molecule has 3 aromatic rings. The van der Waals surface area contributed by atoms with Crippen LogP contribution in [0.2, 0.25) is 0 Å². The van der Waals surface area contributed by atoms with Crippen molar-refractivity contribution in [2.24, 2.45) is 5.92 Å². The van der Waals surface area contributed by atoms with E-state index in [1.54, 1.807) is 6.07 Å². The van der Waals surface area contributed by atoms with Crippen molar-refractivity contribution >= 4 is 5.95 Å². The molecule has 1 aromatic carbocycles. The van der Waals surface area contributed by atoms with Crippen LogP contribution in [0.4, 0.5) is 5.95 Å². The van der Waals surface area contributed by atoms with Gasteiger partial charge >= 0.3 is 0 Å². The first-order chi connectivity index (χ1) is 15.2. The van der Waals surface area contributed by atoms with Crippen LogP contribution in [0.3, 0.4) is 0 Å². The van der Waals surface area contributed by atoms with E-state index in [9.17, 15) is 4.79 Å². The zero-order chi connectivity index (χ0) is 21.2. The maximum Gasteiger partial charge on any atom is 0.251 e. The average molecular weight is 416 g/mol. The van der Waals surface area contributed by atoms with Gasteiger partial charge in [0.1, 0.15) is 0 Å². The minimum absolute atomic E-state index is 0.128. The third-order valence-electron chi connectivity index (χ3n) is 6.38. The summed E-state index contributed by atoms with van der Waals surface area (Å²) in [6.45, 7) is 6.65. The Morgan fingerprint density at radius 1 is 1.03 bits per heavy atom. The predicted octanol–water partition coefficient (Wildman–Crippen LogP) is 3.75. The number of pyridine rings is 1. The lowest BCUT2D eigenvalue weighted by Crippen LogP contribution is -2.46. The normalized spacial score (nSPS) is 20.3. The van der Waals surface area contributed by atoms with E-state index in [1.165, 1.54) is 5.69 Å². The number of hydrogen-bond donors (Lipinski definition) is 1. The van der Waals surface area contributed by atoms with Gasteiger partial charge in [-0.3, -0.25) is 9.69 Å². The van der Waals surface area contributed by atoms with Crippen LogP contribution in [0.15, 0.2) is 59.7 Å². The molecule has 0 unspecified atom stereocenters. The summed E-state index contributed by atoms with van der Waals surface area (Å²) in [4.78, 5) is 24.3. The maximum absolute atomic E-state index is 12.9. The third-order valence-corrected chi connectivity index (χ3v) is 6.38. The van der Waals surface area contributed by atoms with Crippen LogP contribution in [0, 0.1) is 5.92 Å². The quantitative estimate of drug-likeness (QED) is 0.664. The lowest BCUT2D eigenvalue weighted by atomic mass is 9.82. The summed E-state index contributed by atoms with van der Waals surface area (Å²) in [5.41, 5.74) is 4.57. The molecule has 4 heterocycles. The Bertz CT molecular complexity index is 1090. The fourth-order valence-corrected chi connectivity index (χ4v) is 5.01. The van der Waals surface area contributed by atoms with Crippen LogP contribution in [0.1, 0.15) is 36.9 Å². The smallest absolute Gasteiger partial charge is 0.251 e. The topological polar surface area (TPSA) is 63.1 Å². The Morgan fingerprint density at radius 2 is 1.84 bits per heavy atom. The molecule has 0 radical (unpaired) electrons. The van der Waals surface area contributed by atoms with E-state index in [4.69, 9.17) is 0 Å². The van der Waals surface area contributed by atoms with Crippen molar-refractivity contribution in [2.75, 3.05) is 25.0 Å². The van der Waals surface area contributed by atoms with Crippen molar-refractivity contribution in [3.8, 4) is 11.1 Å². The van der Waals surface area contributed by atoms with E-state index >= 15 is 0 Å². The number of fused-ring (bicyclic) bond motifs is 4. The maximum atomic E-state index is 12.9. The monoisotopic (exact) mass is 415 g/mol. The molecule has 2 bridgehead atoms. The molecular formula is C25H29N5O. The molecule has 0 aliphatic carbocycles. The number of nitrogens with one attached hydrogen (secondary N) is 1. The van der Waals surface area contributed by atoms with E-state index in [2.05, 4.69) is 45.3 Å².